The first-order valence-electron chi connectivity index (χ1n) is 6.64. The molecular weight excluding hydrogens is 232 g/mol. The number of nitrogens with one attached hydrogen (secondary N) is 1. The predicted octanol–water partition coefficient (Wildman–Crippen LogP) is 1.09. The highest BCUT2D eigenvalue weighted by atomic mass is 16.4. The van der Waals surface area contributed by atoms with Gasteiger partial charge in [-0.1, -0.05) is 6.42 Å². The van der Waals surface area contributed by atoms with Gasteiger partial charge in [-0.3, -0.25) is 9.59 Å². The average molecular weight is 256 g/mol. The van der Waals surface area contributed by atoms with E-state index in [0.717, 1.165) is 45.3 Å². The van der Waals surface area contributed by atoms with Crippen molar-refractivity contribution in [2.45, 2.75) is 39.0 Å². The maximum Gasteiger partial charge on any atom is 0.303 e. The van der Waals surface area contributed by atoms with Crippen molar-refractivity contribution in [3.05, 3.63) is 0 Å². The number of amides is 1. The van der Waals surface area contributed by atoms with Gasteiger partial charge in [-0.05, 0) is 39.3 Å². The van der Waals surface area contributed by atoms with Crippen molar-refractivity contribution in [2.75, 3.05) is 26.7 Å². The third-order valence-electron chi connectivity index (χ3n) is 3.69. The molecule has 1 unspecified atom stereocenters. The van der Waals surface area contributed by atoms with Crippen molar-refractivity contribution >= 4 is 11.9 Å². The molecule has 1 heterocycles. The number of aliphatic carboxylic acids is 1. The van der Waals surface area contributed by atoms with Gasteiger partial charge in [0.15, 0.2) is 0 Å². The molecule has 0 aromatic rings. The molecule has 0 spiro atoms. The molecule has 0 saturated carbocycles. The van der Waals surface area contributed by atoms with Gasteiger partial charge in [0.2, 0.25) is 5.91 Å². The maximum atomic E-state index is 11.7. The summed E-state index contributed by atoms with van der Waals surface area (Å²) >= 11 is 0. The monoisotopic (exact) mass is 256 g/mol. The standard InChI is InChI=1S/C13H24N2O3/c1-13(12(18)14-2)7-9-15(10-13)8-5-3-4-6-11(16)17/h3-10H2,1-2H3,(H,14,18)(H,16,17). The van der Waals surface area contributed by atoms with E-state index in [1.165, 1.54) is 0 Å². The van der Waals surface area contributed by atoms with Gasteiger partial charge in [0.05, 0.1) is 5.41 Å². The van der Waals surface area contributed by atoms with Crippen LogP contribution in [-0.4, -0.2) is 48.6 Å². The van der Waals surface area contributed by atoms with Crippen molar-refractivity contribution in [1.29, 1.82) is 0 Å². The molecule has 2 N–H and O–H groups in total. The predicted molar refractivity (Wildman–Crippen MR) is 69.3 cm³/mol. The van der Waals surface area contributed by atoms with E-state index in [0.29, 0.717) is 0 Å². The minimum Gasteiger partial charge on any atom is -0.481 e. The lowest BCUT2D eigenvalue weighted by Gasteiger charge is -2.22. The first-order chi connectivity index (χ1) is 8.48. The zero-order chi connectivity index (χ0) is 13.6. The molecule has 1 fully saturated rings. The Bertz CT molecular complexity index is 307. The van der Waals surface area contributed by atoms with Gasteiger partial charge >= 0.3 is 5.97 Å². The topological polar surface area (TPSA) is 69.6 Å². The number of carboxylic acid groups (broad SMARTS) is 1. The highest BCUT2D eigenvalue weighted by molar-refractivity contribution is 5.82. The molecule has 1 aliphatic heterocycles. The normalized spacial score (nSPS) is 24.1. The van der Waals surface area contributed by atoms with Gasteiger partial charge in [-0.2, -0.15) is 0 Å². The Labute approximate surface area is 109 Å². The number of rotatable bonds is 7. The number of carbonyl (C=O) groups excluding carboxylic acids is 1. The molecule has 0 aromatic heterocycles. The minimum atomic E-state index is -0.719. The maximum absolute atomic E-state index is 11.7. The summed E-state index contributed by atoms with van der Waals surface area (Å²) in [5, 5.41) is 11.3. The molecule has 5 heteroatoms. The number of carbonyl (C=O) groups is 2. The van der Waals surface area contributed by atoms with Crippen LogP contribution in [0.4, 0.5) is 0 Å². The molecule has 0 aliphatic carbocycles. The van der Waals surface area contributed by atoms with Crippen molar-refractivity contribution in [1.82, 2.24) is 10.2 Å². The quantitative estimate of drug-likeness (QED) is 0.669. The van der Waals surface area contributed by atoms with Gasteiger partial charge < -0.3 is 15.3 Å². The second-order valence-corrected chi connectivity index (χ2v) is 5.37. The van der Waals surface area contributed by atoms with Gasteiger partial charge in [0.1, 0.15) is 0 Å². The van der Waals surface area contributed by atoms with Crippen molar-refractivity contribution in [2.24, 2.45) is 5.41 Å². The van der Waals surface area contributed by atoms with E-state index in [1.54, 1.807) is 7.05 Å². The summed E-state index contributed by atoms with van der Waals surface area (Å²) in [6, 6.07) is 0. The second-order valence-electron chi connectivity index (χ2n) is 5.37. The lowest BCUT2D eigenvalue weighted by Crippen LogP contribution is -2.39. The summed E-state index contributed by atoms with van der Waals surface area (Å²) in [5.74, 6) is -0.598. The lowest BCUT2D eigenvalue weighted by molar-refractivity contribution is -0.137. The minimum absolute atomic E-state index is 0.121. The van der Waals surface area contributed by atoms with Gasteiger partial charge in [0.25, 0.3) is 0 Å². The molecule has 1 amide bonds. The number of carboxylic acids is 1. The molecule has 1 atom stereocenters. The molecular formula is C13H24N2O3. The molecule has 0 bridgehead atoms. The lowest BCUT2D eigenvalue weighted by atomic mass is 9.89. The summed E-state index contributed by atoms with van der Waals surface area (Å²) in [7, 11) is 1.68. The summed E-state index contributed by atoms with van der Waals surface area (Å²) in [4.78, 5) is 24.4. The van der Waals surface area contributed by atoms with Crippen molar-refractivity contribution < 1.29 is 14.7 Å². The molecule has 1 rings (SSSR count). The fourth-order valence-corrected chi connectivity index (χ4v) is 2.52. The van der Waals surface area contributed by atoms with E-state index in [1.807, 2.05) is 6.92 Å². The first-order valence-corrected chi connectivity index (χ1v) is 6.64. The van der Waals surface area contributed by atoms with E-state index < -0.39 is 5.97 Å². The van der Waals surface area contributed by atoms with Crippen LogP contribution in [-0.2, 0) is 9.59 Å². The largest absolute Gasteiger partial charge is 0.481 e. The van der Waals surface area contributed by atoms with Crippen LogP contribution in [0.3, 0.4) is 0 Å². The van der Waals surface area contributed by atoms with Gasteiger partial charge in [0, 0.05) is 20.0 Å². The number of likely N-dealkylation sites (tertiary alicyclic amines) is 1. The van der Waals surface area contributed by atoms with E-state index >= 15 is 0 Å². The Hall–Kier alpha value is -1.10. The Morgan fingerprint density at radius 1 is 1.33 bits per heavy atom. The Kier molecular flexibility index (Phi) is 5.59. The zero-order valence-electron chi connectivity index (χ0n) is 11.4. The van der Waals surface area contributed by atoms with Crippen LogP contribution in [0, 0.1) is 5.41 Å². The highest BCUT2D eigenvalue weighted by Crippen LogP contribution is 2.30. The summed E-state index contributed by atoms with van der Waals surface area (Å²) in [5.41, 5.74) is -0.254. The molecule has 1 saturated heterocycles. The molecule has 18 heavy (non-hydrogen) atoms. The van der Waals surface area contributed by atoms with Gasteiger partial charge in [-0.15, -0.1) is 0 Å². The molecule has 0 radical (unpaired) electrons. The Morgan fingerprint density at radius 3 is 2.67 bits per heavy atom. The number of hydrogen-bond acceptors (Lipinski definition) is 3. The third-order valence-corrected chi connectivity index (χ3v) is 3.69. The van der Waals surface area contributed by atoms with Crippen LogP contribution in [0.2, 0.25) is 0 Å². The number of nitrogens with zero attached hydrogens (tertiary/aromatic N) is 1. The smallest absolute Gasteiger partial charge is 0.303 e. The molecule has 0 aromatic carbocycles. The van der Waals surface area contributed by atoms with Crippen LogP contribution in [0.25, 0.3) is 0 Å². The van der Waals surface area contributed by atoms with E-state index in [9.17, 15) is 9.59 Å². The average Bonchev–Trinajstić information content (AvgIpc) is 2.70. The summed E-state index contributed by atoms with van der Waals surface area (Å²) in [6.45, 7) is 4.75. The number of unbranched alkanes of at least 4 members (excludes halogenated alkanes) is 2. The number of hydrogen-bond donors (Lipinski definition) is 2. The second kappa shape index (κ2) is 6.73. The SMILES string of the molecule is CNC(=O)C1(C)CCN(CCCCCC(=O)O)C1. The van der Waals surface area contributed by atoms with E-state index in [-0.39, 0.29) is 17.7 Å². The van der Waals surface area contributed by atoms with Crippen LogP contribution < -0.4 is 5.32 Å². The zero-order valence-corrected chi connectivity index (χ0v) is 11.4. The van der Waals surface area contributed by atoms with Crippen LogP contribution >= 0.6 is 0 Å². The van der Waals surface area contributed by atoms with E-state index in [4.69, 9.17) is 5.11 Å². The Morgan fingerprint density at radius 2 is 2.06 bits per heavy atom. The molecule has 5 nitrogen and oxygen atoms in total. The summed E-state index contributed by atoms with van der Waals surface area (Å²) in [6.07, 6.45) is 3.87. The fourth-order valence-electron chi connectivity index (χ4n) is 2.52. The van der Waals surface area contributed by atoms with E-state index in [2.05, 4.69) is 10.2 Å². The third kappa shape index (κ3) is 4.29. The fraction of sp³-hybridized carbons (Fsp3) is 0.846. The molecule has 1 aliphatic rings. The highest BCUT2D eigenvalue weighted by Gasteiger charge is 2.39. The van der Waals surface area contributed by atoms with Crippen LogP contribution in [0.15, 0.2) is 0 Å². The van der Waals surface area contributed by atoms with Crippen LogP contribution in [0.5, 0.6) is 0 Å². The summed E-state index contributed by atoms with van der Waals surface area (Å²) < 4.78 is 0. The molecule has 104 valence electrons. The first kappa shape index (κ1) is 15.0. The Balaban J connectivity index is 2.19. The van der Waals surface area contributed by atoms with Gasteiger partial charge in [-0.25, -0.2) is 0 Å². The van der Waals surface area contributed by atoms with Crippen LogP contribution in [0.1, 0.15) is 39.0 Å². The van der Waals surface area contributed by atoms with Crippen molar-refractivity contribution in [3.8, 4) is 0 Å². The van der Waals surface area contributed by atoms with Crippen molar-refractivity contribution in [3.63, 3.8) is 0 Å².